The summed E-state index contributed by atoms with van der Waals surface area (Å²) in [7, 11) is 0. The Morgan fingerprint density at radius 3 is 2.52 bits per heavy atom. The molecule has 0 radical (unpaired) electrons. The number of anilines is 1. The number of halogens is 2. The van der Waals surface area contributed by atoms with Gasteiger partial charge in [-0.3, -0.25) is 19.8 Å². The molecular weight excluding hydrogens is 383 g/mol. The van der Waals surface area contributed by atoms with E-state index in [4.69, 9.17) is 35.4 Å². The van der Waals surface area contributed by atoms with Crippen LogP contribution in [0.25, 0.3) is 6.08 Å². The van der Waals surface area contributed by atoms with Crippen LogP contribution in [-0.2, 0) is 9.59 Å². The molecule has 0 aromatic heterocycles. The minimum atomic E-state index is -0.660. The molecule has 0 unspecified atom stereocenters. The molecule has 0 saturated carbocycles. The Bertz CT molecular complexity index is 943. The lowest BCUT2D eigenvalue weighted by atomic mass is 10.1. The van der Waals surface area contributed by atoms with E-state index in [0.29, 0.717) is 15.7 Å². The first-order valence-corrected chi connectivity index (χ1v) is 8.19. The average molecular weight is 393 g/mol. The van der Waals surface area contributed by atoms with Gasteiger partial charge in [-0.05, 0) is 54.7 Å². The molecular formula is C17H10Cl2N2O3S. The minimum absolute atomic E-state index is 0.0512. The van der Waals surface area contributed by atoms with E-state index in [-0.39, 0.29) is 22.0 Å². The first-order valence-electron chi connectivity index (χ1n) is 7.02. The zero-order valence-corrected chi connectivity index (χ0v) is 14.8. The molecule has 0 bridgehead atoms. The van der Waals surface area contributed by atoms with E-state index >= 15 is 0 Å². The van der Waals surface area contributed by atoms with Gasteiger partial charge in [0.25, 0.3) is 11.8 Å². The summed E-state index contributed by atoms with van der Waals surface area (Å²) in [5.41, 5.74) is 0.472. The van der Waals surface area contributed by atoms with Crippen molar-refractivity contribution in [2.45, 2.75) is 0 Å². The third kappa shape index (κ3) is 3.51. The number of carbonyl (C=O) groups excluding carboxylic acids is 2. The van der Waals surface area contributed by atoms with Crippen LogP contribution in [0.3, 0.4) is 0 Å². The molecule has 126 valence electrons. The molecule has 3 rings (SSSR count). The van der Waals surface area contributed by atoms with Crippen LogP contribution in [0.2, 0.25) is 10.0 Å². The molecule has 25 heavy (non-hydrogen) atoms. The summed E-state index contributed by atoms with van der Waals surface area (Å²) in [6, 6.07) is 10.8. The molecule has 2 N–H and O–H groups in total. The number of hydrogen-bond acceptors (Lipinski definition) is 4. The van der Waals surface area contributed by atoms with Crippen LogP contribution in [-0.4, -0.2) is 22.0 Å². The lowest BCUT2D eigenvalue weighted by Crippen LogP contribution is -2.54. The summed E-state index contributed by atoms with van der Waals surface area (Å²) in [5.74, 6) is -1.40. The maximum atomic E-state index is 12.8. The number of carbonyl (C=O) groups is 2. The van der Waals surface area contributed by atoms with Crippen molar-refractivity contribution in [3.8, 4) is 5.75 Å². The van der Waals surface area contributed by atoms with Crippen LogP contribution >= 0.6 is 35.4 Å². The Labute approximate surface area is 158 Å². The van der Waals surface area contributed by atoms with Crippen molar-refractivity contribution in [3.05, 3.63) is 63.6 Å². The van der Waals surface area contributed by atoms with Gasteiger partial charge in [-0.2, -0.15) is 0 Å². The molecule has 0 aliphatic carbocycles. The fourth-order valence-electron chi connectivity index (χ4n) is 2.30. The van der Waals surface area contributed by atoms with E-state index < -0.39 is 11.8 Å². The van der Waals surface area contributed by atoms with Gasteiger partial charge in [0.2, 0.25) is 0 Å². The Balaban J connectivity index is 2.07. The SMILES string of the molecule is O=C1NC(=S)N(c2cccc(Cl)c2)C(=O)/C1=C/c1cc(Cl)ccc1O. The maximum Gasteiger partial charge on any atom is 0.270 e. The highest BCUT2D eigenvalue weighted by Crippen LogP contribution is 2.27. The number of rotatable bonds is 2. The minimum Gasteiger partial charge on any atom is -0.507 e. The quantitative estimate of drug-likeness (QED) is 0.465. The number of aromatic hydroxyl groups is 1. The molecule has 2 amide bonds. The van der Waals surface area contributed by atoms with Gasteiger partial charge >= 0.3 is 0 Å². The molecule has 2 aromatic rings. The van der Waals surface area contributed by atoms with Gasteiger partial charge in [0.1, 0.15) is 11.3 Å². The molecule has 1 saturated heterocycles. The van der Waals surface area contributed by atoms with Gasteiger partial charge < -0.3 is 5.11 Å². The second kappa shape index (κ2) is 6.84. The molecule has 1 heterocycles. The summed E-state index contributed by atoms with van der Waals surface area (Å²) in [6.45, 7) is 0. The Hall–Kier alpha value is -2.41. The van der Waals surface area contributed by atoms with Crippen LogP contribution in [0.1, 0.15) is 5.56 Å². The lowest BCUT2D eigenvalue weighted by molar-refractivity contribution is -0.122. The number of hydrogen-bond donors (Lipinski definition) is 2. The first-order chi connectivity index (χ1) is 11.9. The summed E-state index contributed by atoms with van der Waals surface area (Å²) in [5, 5.41) is 13.1. The Kier molecular flexibility index (Phi) is 4.76. The maximum absolute atomic E-state index is 12.8. The predicted octanol–water partition coefficient (Wildman–Crippen LogP) is 3.53. The molecule has 1 aliphatic heterocycles. The second-order valence-electron chi connectivity index (χ2n) is 5.14. The van der Waals surface area contributed by atoms with Crippen LogP contribution in [0, 0.1) is 0 Å². The average Bonchev–Trinajstić information content (AvgIpc) is 2.54. The third-order valence-electron chi connectivity index (χ3n) is 3.46. The predicted molar refractivity (Wildman–Crippen MR) is 101 cm³/mol. The third-order valence-corrected chi connectivity index (χ3v) is 4.21. The molecule has 0 spiro atoms. The first kappa shape index (κ1) is 17.4. The van der Waals surface area contributed by atoms with E-state index in [2.05, 4.69) is 5.32 Å². The van der Waals surface area contributed by atoms with Crippen molar-refractivity contribution in [1.29, 1.82) is 0 Å². The number of benzene rings is 2. The lowest BCUT2D eigenvalue weighted by Gasteiger charge is -2.29. The molecule has 5 nitrogen and oxygen atoms in total. The Morgan fingerprint density at radius 2 is 1.80 bits per heavy atom. The summed E-state index contributed by atoms with van der Waals surface area (Å²) in [6.07, 6.45) is 1.26. The van der Waals surface area contributed by atoms with Gasteiger partial charge in [0.05, 0.1) is 5.69 Å². The van der Waals surface area contributed by atoms with Crippen molar-refractivity contribution in [2.75, 3.05) is 4.90 Å². The van der Waals surface area contributed by atoms with E-state index in [0.717, 1.165) is 4.90 Å². The van der Waals surface area contributed by atoms with Crippen LogP contribution in [0.5, 0.6) is 5.75 Å². The van der Waals surface area contributed by atoms with Crippen LogP contribution in [0.4, 0.5) is 5.69 Å². The normalized spacial score (nSPS) is 16.3. The molecule has 2 aromatic carbocycles. The van der Waals surface area contributed by atoms with Crippen molar-refractivity contribution < 1.29 is 14.7 Å². The monoisotopic (exact) mass is 392 g/mol. The topological polar surface area (TPSA) is 69.6 Å². The van der Waals surface area contributed by atoms with Gasteiger partial charge in [-0.25, -0.2) is 0 Å². The standard InChI is InChI=1S/C17H10Cl2N2O3S/c18-10-2-1-3-12(8-10)21-16(24)13(15(23)20-17(21)25)7-9-6-11(19)4-5-14(9)22/h1-8,22H,(H,20,23,25)/b13-7+. The zero-order chi connectivity index (χ0) is 18.1. The van der Waals surface area contributed by atoms with Crippen LogP contribution in [0.15, 0.2) is 48.0 Å². The number of phenols is 1. The summed E-state index contributed by atoms with van der Waals surface area (Å²) < 4.78 is 0. The van der Waals surface area contributed by atoms with Gasteiger partial charge in [0.15, 0.2) is 5.11 Å². The highest BCUT2D eigenvalue weighted by atomic mass is 35.5. The summed E-state index contributed by atoms with van der Waals surface area (Å²) >= 11 is 17.0. The van der Waals surface area contributed by atoms with Crippen molar-refractivity contribution in [2.24, 2.45) is 0 Å². The molecule has 0 atom stereocenters. The number of nitrogens with one attached hydrogen (secondary N) is 1. The molecule has 1 fully saturated rings. The highest BCUT2D eigenvalue weighted by Gasteiger charge is 2.34. The molecule has 8 heteroatoms. The zero-order valence-electron chi connectivity index (χ0n) is 12.5. The summed E-state index contributed by atoms with van der Waals surface area (Å²) in [4.78, 5) is 26.2. The number of thiocarbonyl (C=S) groups is 1. The Morgan fingerprint density at radius 1 is 1.08 bits per heavy atom. The van der Waals surface area contributed by atoms with E-state index in [1.165, 1.54) is 24.3 Å². The van der Waals surface area contributed by atoms with Crippen molar-refractivity contribution >= 4 is 64.1 Å². The van der Waals surface area contributed by atoms with Crippen LogP contribution < -0.4 is 10.2 Å². The number of phenolic OH excluding ortho intramolecular Hbond substituents is 1. The van der Waals surface area contributed by atoms with Crippen molar-refractivity contribution in [1.82, 2.24) is 5.32 Å². The fourth-order valence-corrected chi connectivity index (χ4v) is 2.95. The van der Waals surface area contributed by atoms with E-state index in [9.17, 15) is 14.7 Å². The van der Waals surface area contributed by atoms with E-state index in [1.54, 1.807) is 24.3 Å². The number of amides is 2. The smallest absolute Gasteiger partial charge is 0.270 e. The van der Waals surface area contributed by atoms with Gasteiger partial charge in [0, 0.05) is 15.6 Å². The molecule has 1 aliphatic rings. The highest BCUT2D eigenvalue weighted by molar-refractivity contribution is 7.80. The van der Waals surface area contributed by atoms with E-state index in [1.807, 2.05) is 0 Å². The largest absolute Gasteiger partial charge is 0.507 e. The fraction of sp³-hybridized carbons (Fsp3) is 0. The number of nitrogens with zero attached hydrogens (tertiary/aromatic N) is 1. The van der Waals surface area contributed by atoms with Gasteiger partial charge in [-0.15, -0.1) is 0 Å². The second-order valence-corrected chi connectivity index (χ2v) is 6.40. The van der Waals surface area contributed by atoms with Gasteiger partial charge in [-0.1, -0.05) is 29.3 Å². The van der Waals surface area contributed by atoms with Crippen molar-refractivity contribution in [3.63, 3.8) is 0 Å².